The third kappa shape index (κ3) is 1.63. The van der Waals surface area contributed by atoms with E-state index in [4.69, 9.17) is 11.5 Å². The van der Waals surface area contributed by atoms with Crippen LogP contribution in [0, 0.1) is 0 Å². The molecule has 0 aliphatic rings. The molecule has 4 N–H and O–H groups in total. The van der Waals surface area contributed by atoms with E-state index < -0.39 is 12.1 Å². The van der Waals surface area contributed by atoms with Gasteiger partial charge in [-0.05, 0) is 22.0 Å². The summed E-state index contributed by atoms with van der Waals surface area (Å²) in [6.07, 6.45) is -2.70. The van der Waals surface area contributed by atoms with Gasteiger partial charge in [0.25, 0.3) is 6.43 Å². The van der Waals surface area contributed by atoms with Gasteiger partial charge in [0.15, 0.2) is 0 Å². The van der Waals surface area contributed by atoms with Crippen LogP contribution < -0.4 is 11.5 Å². The largest absolute Gasteiger partial charge is 0.396 e. The Bertz CT molecular complexity index is 303. The highest BCUT2D eigenvalue weighted by molar-refractivity contribution is 9.10. The third-order valence-corrected chi connectivity index (χ3v) is 1.92. The van der Waals surface area contributed by atoms with E-state index in [9.17, 15) is 8.78 Å². The molecule has 0 saturated heterocycles. The molecule has 12 heavy (non-hydrogen) atoms. The normalized spacial score (nSPS) is 10.7. The van der Waals surface area contributed by atoms with E-state index in [-0.39, 0.29) is 11.5 Å². The molecule has 0 aromatic carbocycles. The van der Waals surface area contributed by atoms with Gasteiger partial charge in [0.1, 0.15) is 11.5 Å². The first-order chi connectivity index (χ1) is 5.52. The maximum Gasteiger partial charge on any atom is 0.282 e. The molecule has 0 amide bonds. The Labute approximate surface area is 75.9 Å². The van der Waals surface area contributed by atoms with E-state index in [1.807, 2.05) is 0 Å². The molecule has 3 nitrogen and oxygen atoms in total. The maximum absolute atomic E-state index is 12.2. The van der Waals surface area contributed by atoms with Crippen LogP contribution in [-0.4, -0.2) is 4.98 Å². The minimum Gasteiger partial charge on any atom is -0.396 e. The summed E-state index contributed by atoms with van der Waals surface area (Å²) in [6, 6.07) is 1.38. The van der Waals surface area contributed by atoms with Crippen molar-refractivity contribution >= 4 is 27.4 Å². The van der Waals surface area contributed by atoms with Gasteiger partial charge >= 0.3 is 0 Å². The zero-order valence-electron chi connectivity index (χ0n) is 5.89. The number of aromatic nitrogens is 1. The van der Waals surface area contributed by atoms with Crippen molar-refractivity contribution in [1.82, 2.24) is 4.98 Å². The van der Waals surface area contributed by atoms with Gasteiger partial charge in [0, 0.05) is 4.47 Å². The summed E-state index contributed by atoms with van der Waals surface area (Å²) in [6.45, 7) is 0. The minimum absolute atomic E-state index is 0.0198. The van der Waals surface area contributed by atoms with E-state index in [1.165, 1.54) is 6.07 Å². The van der Waals surface area contributed by atoms with E-state index in [1.54, 1.807) is 0 Å². The summed E-state index contributed by atoms with van der Waals surface area (Å²) in [4.78, 5) is 3.41. The van der Waals surface area contributed by atoms with Crippen LogP contribution in [0.3, 0.4) is 0 Å². The summed E-state index contributed by atoms with van der Waals surface area (Å²) in [5.74, 6) is 0.0198. The van der Waals surface area contributed by atoms with Crippen LogP contribution in [-0.2, 0) is 0 Å². The molecule has 0 aliphatic carbocycles. The molecule has 1 aromatic rings. The molecule has 6 heteroatoms. The van der Waals surface area contributed by atoms with Crippen LogP contribution in [0.4, 0.5) is 20.3 Å². The number of hydrogen-bond donors (Lipinski definition) is 2. The van der Waals surface area contributed by atoms with Crippen molar-refractivity contribution in [3.63, 3.8) is 0 Å². The van der Waals surface area contributed by atoms with E-state index in [0.717, 1.165) is 0 Å². The van der Waals surface area contributed by atoms with Crippen molar-refractivity contribution in [2.24, 2.45) is 0 Å². The van der Waals surface area contributed by atoms with Crippen molar-refractivity contribution in [3.8, 4) is 0 Å². The Hall–Kier alpha value is -0.910. The second kappa shape index (κ2) is 3.22. The predicted molar refractivity (Wildman–Crippen MR) is 45.7 cm³/mol. The van der Waals surface area contributed by atoms with Gasteiger partial charge in [0.2, 0.25) is 0 Å². The third-order valence-electron chi connectivity index (χ3n) is 1.26. The fourth-order valence-corrected chi connectivity index (χ4v) is 1.17. The highest BCUT2D eigenvalue weighted by atomic mass is 79.9. The number of rotatable bonds is 1. The molecule has 0 unspecified atom stereocenters. The molecule has 0 aliphatic heterocycles. The monoisotopic (exact) mass is 237 g/mol. The van der Waals surface area contributed by atoms with Crippen molar-refractivity contribution in [2.45, 2.75) is 6.43 Å². The molecule has 0 fully saturated rings. The topological polar surface area (TPSA) is 64.9 Å². The molecule has 0 atom stereocenters. The summed E-state index contributed by atoms with van der Waals surface area (Å²) in [5, 5.41) is 0. The second-order valence-corrected chi connectivity index (χ2v) is 2.98. The minimum atomic E-state index is -2.70. The van der Waals surface area contributed by atoms with Crippen molar-refractivity contribution < 1.29 is 8.78 Å². The van der Waals surface area contributed by atoms with E-state index in [0.29, 0.717) is 4.47 Å². The van der Waals surface area contributed by atoms with Crippen LogP contribution in [0.2, 0.25) is 0 Å². The Morgan fingerprint density at radius 2 is 2.00 bits per heavy atom. The standard InChI is InChI=1S/C6H6BrF2N3/c7-2-1-3(10)12-5(4(2)11)6(8)9/h1,6H,11H2,(H2,10,12). The number of nitrogen functional groups attached to an aromatic ring is 2. The Kier molecular flexibility index (Phi) is 2.46. The van der Waals surface area contributed by atoms with E-state index in [2.05, 4.69) is 20.9 Å². The second-order valence-electron chi connectivity index (χ2n) is 2.13. The number of pyridine rings is 1. The highest BCUT2D eigenvalue weighted by Crippen LogP contribution is 2.30. The summed E-state index contributed by atoms with van der Waals surface area (Å²) < 4.78 is 24.7. The number of nitrogens with zero attached hydrogens (tertiary/aromatic N) is 1. The van der Waals surface area contributed by atoms with Gasteiger partial charge < -0.3 is 11.5 Å². The molecule has 0 radical (unpaired) electrons. The molecule has 1 heterocycles. The zero-order valence-corrected chi connectivity index (χ0v) is 7.48. The fourth-order valence-electron chi connectivity index (χ4n) is 0.728. The lowest BCUT2D eigenvalue weighted by atomic mass is 10.3. The Morgan fingerprint density at radius 1 is 1.42 bits per heavy atom. The van der Waals surface area contributed by atoms with Crippen molar-refractivity contribution in [1.29, 1.82) is 0 Å². The van der Waals surface area contributed by atoms with Gasteiger partial charge in [-0.3, -0.25) is 0 Å². The van der Waals surface area contributed by atoms with Gasteiger partial charge in [-0.1, -0.05) is 0 Å². The molecule has 0 saturated carbocycles. The number of anilines is 2. The first-order valence-corrected chi connectivity index (χ1v) is 3.81. The molecule has 1 aromatic heterocycles. The molecule has 1 rings (SSSR count). The average molecular weight is 238 g/mol. The van der Waals surface area contributed by atoms with Gasteiger partial charge in [-0.2, -0.15) is 0 Å². The number of nitrogens with two attached hydrogens (primary N) is 2. The van der Waals surface area contributed by atoms with Crippen LogP contribution in [0.5, 0.6) is 0 Å². The molecule has 66 valence electrons. The van der Waals surface area contributed by atoms with Crippen LogP contribution in [0.15, 0.2) is 10.5 Å². The number of halogens is 3. The first-order valence-electron chi connectivity index (χ1n) is 3.02. The molecule has 0 spiro atoms. The van der Waals surface area contributed by atoms with Crippen molar-refractivity contribution in [2.75, 3.05) is 11.5 Å². The zero-order chi connectivity index (χ0) is 9.30. The number of alkyl halides is 2. The van der Waals surface area contributed by atoms with Crippen LogP contribution in [0.25, 0.3) is 0 Å². The summed E-state index contributed by atoms with van der Waals surface area (Å²) in [7, 11) is 0. The summed E-state index contributed by atoms with van der Waals surface area (Å²) >= 11 is 2.99. The quantitative estimate of drug-likeness (QED) is 0.785. The van der Waals surface area contributed by atoms with Crippen molar-refractivity contribution in [3.05, 3.63) is 16.2 Å². The first kappa shape index (κ1) is 9.18. The fraction of sp³-hybridized carbons (Fsp3) is 0.167. The predicted octanol–water partition coefficient (Wildman–Crippen LogP) is 1.95. The maximum atomic E-state index is 12.2. The van der Waals surface area contributed by atoms with Gasteiger partial charge in [-0.25, -0.2) is 13.8 Å². The van der Waals surface area contributed by atoms with Gasteiger partial charge in [0.05, 0.1) is 5.69 Å². The lowest BCUT2D eigenvalue weighted by Gasteiger charge is -2.06. The lowest BCUT2D eigenvalue weighted by Crippen LogP contribution is -2.02. The SMILES string of the molecule is Nc1cc(Br)c(N)c(C(F)F)n1. The van der Waals surface area contributed by atoms with Crippen LogP contribution >= 0.6 is 15.9 Å². The Morgan fingerprint density at radius 3 is 2.50 bits per heavy atom. The Balaban J connectivity index is 3.28. The highest BCUT2D eigenvalue weighted by Gasteiger charge is 2.15. The lowest BCUT2D eigenvalue weighted by molar-refractivity contribution is 0.147. The molecular weight excluding hydrogens is 232 g/mol. The molecular formula is C6H6BrF2N3. The number of hydrogen-bond acceptors (Lipinski definition) is 3. The summed E-state index contributed by atoms with van der Waals surface area (Å²) in [5.41, 5.74) is 9.99. The van der Waals surface area contributed by atoms with Gasteiger partial charge in [-0.15, -0.1) is 0 Å². The van der Waals surface area contributed by atoms with Crippen LogP contribution in [0.1, 0.15) is 12.1 Å². The average Bonchev–Trinajstić information content (AvgIpc) is 1.96. The smallest absolute Gasteiger partial charge is 0.282 e. The van der Waals surface area contributed by atoms with E-state index >= 15 is 0 Å². The molecule has 0 bridgehead atoms.